The van der Waals surface area contributed by atoms with Crippen molar-refractivity contribution in [1.29, 1.82) is 0 Å². The van der Waals surface area contributed by atoms with Gasteiger partial charge in [-0.25, -0.2) is 0 Å². The molecule has 0 atom stereocenters. The largest absolute Gasteiger partial charge is 0.403 e. The van der Waals surface area contributed by atoms with Crippen molar-refractivity contribution >= 4 is 0 Å². The molecule has 6 heteroatoms. The van der Waals surface area contributed by atoms with Crippen LogP contribution in [0, 0.1) is 10.8 Å². The summed E-state index contributed by atoms with van der Waals surface area (Å²) in [6.07, 6.45) is -10.8. The molecule has 92 valence electrons. The van der Waals surface area contributed by atoms with Crippen molar-refractivity contribution in [2.75, 3.05) is 0 Å². The molecule has 0 fully saturated rings. The van der Waals surface area contributed by atoms with E-state index >= 15 is 0 Å². The number of hydrogen-bond donors (Lipinski definition) is 0. The Morgan fingerprint density at radius 1 is 0.733 bits per heavy atom. The van der Waals surface area contributed by atoms with E-state index in [2.05, 4.69) is 0 Å². The standard InChI is InChI=1S/C9H14F6/c1-5-6(2,3)7(4,8(10,11)12)9(13,14)15/h5H2,1-4H3. The van der Waals surface area contributed by atoms with Crippen LogP contribution in [0.1, 0.15) is 34.1 Å². The van der Waals surface area contributed by atoms with Crippen LogP contribution in [0.2, 0.25) is 0 Å². The van der Waals surface area contributed by atoms with Crippen molar-refractivity contribution in [2.24, 2.45) is 10.8 Å². The highest BCUT2D eigenvalue weighted by atomic mass is 19.4. The number of hydrogen-bond acceptors (Lipinski definition) is 0. The van der Waals surface area contributed by atoms with Crippen LogP contribution >= 0.6 is 0 Å². The number of rotatable bonds is 2. The molecule has 0 spiro atoms. The Kier molecular flexibility index (Phi) is 3.46. The molecule has 0 aliphatic rings. The van der Waals surface area contributed by atoms with E-state index < -0.39 is 23.2 Å². The van der Waals surface area contributed by atoms with Crippen LogP contribution in [0.5, 0.6) is 0 Å². The predicted molar refractivity (Wildman–Crippen MR) is 44.3 cm³/mol. The molecule has 0 aromatic rings. The van der Waals surface area contributed by atoms with Gasteiger partial charge in [0.25, 0.3) is 0 Å². The summed E-state index contributed by atoms with van der Waals surface area (Å²) < 4.78 is 75.4. The monoisotopic (exact) mass is 236 g/mol. The second kappa shape index (κ2) is 3.56. The molecule has 0 nitrogen and oxygen atoms in total. The molecule has 0 aromatic carbocycles. The third kappa shape index (κ3) is 2.08. The smallest absolute Gasteiger partial charge is 0.170 e. The molecule has 0 unspecified atom stereocenters. The molecule has 0 rings (SSSR count). The van der Waals surface area contributed by atoms with E-state index in [9.17, 15) is 26.3 Å². The van der Waals surface area contributed by atoms with E-state index in [1.54, 1.807) is 0 Å². The number of halogens is 6. The van der Waals surface area contributed by atoms with Gasteiger partial charge in [0, 0.05) is 0 Å². The first-order chi connectivity index (χ1) is 6.31. The Hall–Kier alpha value is -0.420. The minimum absolute atomic E-state index is 0.206. The molecule has 0 bridgehead atoms. The molecule has 0 aliphatic heterocycles. The average molecular weight is 236 g/mol. The van der Waals surface area contributed by atoms with E-state index in [4.69, 9.17) is 0 Å². The lowest BCUT2D eigenvalue weighted by molar-refractivity contribution is -0.367. The first-order valence-electron chi connectivity index (χ1n) is 4.44. The quantitative estimate of drug-likeness (QED) is 0.617. The molecule has 0 saturated carbocycles. The fraction of sp³-hybridized carbons (Fsp3) is 1.00. The summed E-state index contributed by atoms with van der Waals surface area (Å²) in [5, 5.41) is 0. The molecule has 0 N–H and O–H groups in total. The summed E-state index contributed by atoms with van der Waals surface area (Å²) in [6, 6.07) is 0. The highest BCUT2D eigenvalue weighted by Gasteiger charge is 2.73. The van der Waals surface area contributed by atoms with E-state index in [1.165, 1.54) is 6.92 Å². The van der Waals surface area contributed by atoms with E-state index in [0.717, 1.165) is 13.8 Å². The van der Waals surface area contributed by atoms with Crippen molar-refractivity contribution in [3.05, 3.63) is 0 Å². The maximum Gasteiger partial charge on any atom is 0.403 e. The van der Waals surface area contributed by atoms with Gasteiger partial charge in [-0.05, 0) is 18.8 Å². The van der Waals surface area contributed by atoms with Gasteiger partial charge in [0.05, 0.1) is 0 Å². The van der Waals surface area contributed by atoms with Gasteiger partial charge in [-0.1, -0.05) is 20.8 Å². The lowest BCUT2D eigenvalue weighted by Crippen LogP contribution is -2.56. The van der Waals surface area contributed by atoms with Gasteiger partial charge in [0.15, 0.2) is 5.41 Å². The molecular formula is C9H14F6. The maximum atomic E-state index is 12.6. The molecule has 15 heavy (non-hydrogen) atoms. The third-order valence-electron chi connectivity index (χ3n) is 3.37. The van der Waals surface area contributed by atoms with Crippen molar-refractivity contribution < 1.29 is 26.3 Å². The van der Waals surface area contributed by atoms with E-state index in [-0.39, 0.29) is 13.3 Å². The Morgan fingerprint density at radius 3 is 1.07 bits per heavy atom. The zero-order valence-corrected chi connectivity index (χ0v) is 8.97. The van der Waals surface area contributed by atoms with Crippen molar-refractivity contribution in [3.63, 3.8) is 0 Å². The Balaban J connectivity index is 5.65. The molecule has 0 heterocycles. The second-order valence-electron chi connectivity index (χ2n) is 4.36. The first kappa shape index (κ1) is 14.6. The predicted octanol–water partition coefficient (Wildman–Crippen LogP) is 4.55. The van der Waals surface area contributed by atoms with Gasteiger partial charge >= 0.3 is 12.4 Å². The van der Waals surface area contributed by atoms with Crippen LogP contribution in [0.25, 0.3) is 0 Å². The summed E-state index contributed by atoms with van der Waals surface area (Å²) in [5.41, 5.74) is -5.56. The summed E-state index contributed by atoms with van der Waals surface area (Å²) >= 11 is 0. The summed E-state index contributed by atoms with van der Waals surface area (Å²) in [4.78, 5) is 0. The van der Waals surface area contributed by atoms with Gasteiger partial charge in [0.2, 0.25) is 0 Å². The summed E-state index contributed by atoms with van der Waals surface area (Å²) in [7, 11) is 0. The highest BCUT2D eigenvalue weighted by molar-refractivity contribution is 4.99. The highest BCUT2D eigenvalue weighted by Crippen LogP contribution is 2.60. The Bertz CT molecular complexity index is 208. The van der Waals surface area contributed by atoms with Gasteiger partial charge in [0.1, 0.15) is 0 Å². The molecule has 0 aromatic heterocycles. The maximum absolute atomic E-state index is 12.6. The van der Waals surface area contributed by atoms with Gasteiger partial charge < -0.3 is 0 Å². The average Bonchev–Trinajstić information content (AvgIpc) is 1.98. The molecular weight excluding hydrogens is 222 g/mol. The number of alkyl halides is 6. The van der Waals surface area contributed by atoms with Crippen LogP contribution in [0.15, 0.2) is 0 Å². The molecule has 0 aliphatic carbocycles. The normalized spacial score (nSPS) is 15.6. The Morgan fingerprint density at radius 2 is 1.00 bits per heavy atom. The fourth-order valence-corrected chi connectivity index (χ4v) is 1.28. The third-order valence-corrected chi connectivity index (χ3v) is 3.37. The lowest BCUT2D eigenvalue weighted by atomic mass is 9.64. The topological polar surface area (TPSA) is 0 Å². The second-order valence-corrected chi connectivity index (χ2v) is 4.36. The minimum atomic E-state index is -5.30. The fourth-order valence-electron chi connectivity index (χ4n) is 1.28. The van der Waals surface area contributed by atoms with Crippen LogP contribution in [0.3, 0.4) is 0 Å². The zero-order chi connectivity index (χ0) is 12.7. The Labute approximate surface area is 84.7 Å². The molecule has 0 radical (unpaired) electrons. The van der Waals surface area contributed by atoms with Crippen LogP contribution in [0.4, 0.5) is 26.3 Å². The van der Waals surface area contributed by atoms with E-state index in [0.29, 0.717) is 0 Å². The minimum Gasteiger partial charge on any atom is -0.170 e. The van der Waals surface area contributed by atoms with Crippen LogP contribution in [-0.2, 0) is 0 Å². The van der Waals surface area contributed by atoms with Crippen LogP contribution < -0.4 is 0 Å². The van der Waals surface area contributed by atoms with Gasteiger partial charge in [-0.3, -0.25) is 0 Å². The zero-order valence-electron chi connectivity index (χ0n) is 8.97. The summed E-state index contributed by atoms with van der Waals surface area (Å²) in [5.74, 6) is 0. The summed E-state index contributed by atoms with van der Waals surface area (Å²) in [6.45, 7) is 3.49. The van der Waals surface area contributed by atoms with Crippen LogP contribution in [-0.4, -0.2) is 12.4 Å². The molecule has 0 amide bonds. The first-order valence-corrected chi connectivity index (χ1v) is 4.44. The van der Waals surface area contributed by atoms with Crippen molar-refractivity contribution in [1.82, 2.24) is 0 Å². The lowest BCUT2D eigenvalue weighted by Gasteiger charge is -2.45. The van der Waals surface area contributed by atoms with Crippen molar-refractivity contribution in [2.45, 2.75) is 46.5 Å². The molecule has 0 saturated heterocycles. The van der Waals surface area contributed by atoms with Gasteiger partial charge in [-0.2, -0.15) is 26.3 Å². The van der Waals surface area contributed by atoms with Crippen molar-refractivity contribution in [3.8, 4) is 0 Å². The van der Waals surface area contributed by atoms with E-state index in [1.807, 2.05) is 0 Å². The van der Waals surface area contributed by atoms with Gasteiger partial charge in [-0.15, -0.1) is 0 Å². The SMILES string of the molecule is CCC(C)(C)C(C)(C(F)(F)F)C(F)(F)F.